The van der Waals surface area contributed by atoms with Crippen molar-refractivity contribution in [1.82, 2.24) is 5.32 Å². The van der Waals surface area contributed by atoms with Crippen molar-refractivity contribution in [2.24, 2.45) is 0 Å². The number of rotatable bonds is 5. The van der Waals surface area contributed by atoms with E-state index in [1.807, 2.05) is 36.1 Å². The van der Waals surface area contributed by atoms with E-state index < -0.39 is 11.6 Å². The fraction of sp³-hybridized carbons (Fsp3) is 0.350. The average molecular weight is 360 g/mol. The van der Waals surface area contributed by atoms with Crippen LogP contribution in [0.5, 0.6) is 5.75 Å². The summed E-state index contributed by atoms with van der Waals surface area (Å²) in [5.41, 5.74) is 1.39. The van der Waals surface area contributed by atoms with E-state index in [9.17, 15) is 13.6 Å². The van der Waals surface area contributed by atoms with Crippen LogP contribution in [-0.4, -0.2) is 25.1 Å². The van der Waals surface area contributed by atoms with Gasteiger partial charge in [-0.25, -0.2) is 8.78 Å². The molecule has 138 valence electrons. The summed E-state index contributed by atoms with van der Waals surface area (Å²) in [6, 6.07) is 11.1. The number of hydrogen-bond acceptors (Lipinski definition) is 3. The van der Waals surface area contributed by atoms with Crippen LogP contribution in [-0.2, 0) is 4.79 Å². The van der Waals surface area contributed by atoms with Crippen LogP contribution in [0, 0.1) is 11.6 Å². The Morgan fingerprint density at radius 3 is 2.62 bits per heavy atom. The van der Waals surface area contributed by atoms with Crippen LogP contribution in [0.25, 0.3) is 0 Å². The monoisotopic (exact) mass is 360 g/mol. The van der Waals surface area contributed by atoms with E-state index in [0.29, 0.717) is 18.8 Å². The van der Waals surface area contributed by atoms with Crippen LogP contribution in [0.4, 0.5) is 14.5 Å². The molecule has 26 heavy (non-hydrogen) atoms. The van der Waals surface area contributed by atoms with Crippen molar-refractivity contribution in [2.45, 2.75) is 32.4 Å². The molecule has 2 atom stereocenters. The topological polar surface area (TPSA) is 41.6 Å². The van der Waals surface area contributed by atoms with Gasteiger partial charge in [0.05, 0.1) is 18.3 Å². The van der Waals surface area contributed by atoms with E-state index in [1.165, 1.54) is 19.1 Å². The number of nitrogens with one attached hydrogen (secondary N) is 1. The van der Waals surface area contributed by atoms with Crippen molar-refractivity contribution >= 4 is 11.6 Å². The van der Waals surface area contributed by atoms with Crippen molar-refractivity contribution in [3.05, 3.63) is 59.7 Å². The SMILES string of the molecule is CC(=O)N[C@@H](C)c1ccc(O[C@@H]2CCN(c3ccc(F)cc3F)C2)cc1. The van der Waals surface area contributed by atoms with Gasteiger partial charge in [-0.1, -0.05) is 12.1 Å². The first-order valence-corrected chi connectivity index (χ1v) is 8.66. The van der Waals surface area contributed by atoms with E-state index >= 15 is 0 Å². The molecule has 2 aromatic rings. The molecule has 0 unspecified atom stereocenters. The zero-order chi connectivity index (χ0) is 18.7. The molecular weight excluding hydrogens is 338 g/mol. The number of hydrogen-bond donors (Lipinski definition) is 1. The van der Waals surface area contributed by atoms with E-state index in [0.717, 1.165) is 23.8 Å². The Labute approximate surface area is 151 Å². The molecule has 0 aromatic heterocycles. The minimum Gasteiger partial charge on any atom is -0.489 e. The van der Waals surface area contributed by atoms with Crippen LogP contribution in [0.3, 0.4) is 0 Å². The summed E-state index contributed by atoms with van der Waals surface area (Å²) in [5, 5.41) is 2.84. The summed E-state index contributed by atoms with van der Waals surface area (Å²) in [6.45, 7) is 4.62. The third-order valence-corrected chi connectivity index (χ3v) is 4.50. The Kier molecular flexibility index (Phi) is 5.40. The van der Waals surface area contributed by atoms with Gasteiger partial charge in [0.25, 0.3) is 0 Å². The lowest BCUT2D eigenvalue weighted by Gasteiger charge is -2.20. The Hall–Kier alpha value is -2.63. The van der Waals surface area contributed by atoms with Gasteiger partial charge < -0.3 is 15.0 Å². The van der Waals surface area contributed by atoms with Gasteiger partial charge in [-0.2, -0.15) is 0 Å². The predicted octanol–water partition coefficient (Wildman–Crippen LogP) is 3.82. The molecule has 1 N–H and O–H groups in total. The first-order chi connectivity index (χ1) is 12.4. The van der Waals surface area contributed by atoms with Crippen molar-refractivity contribution in [1.29, 1.82) is 0 Å². The van der Waals surface area contributed by atoms with Gasteiger partial charge in [-0.15, -0.1) is 0 Å². The van der Waals surface area contributed by atoms with E-state index in [2.05, 4.69) is 5.32 Å². The summed E-state index contributed by atoms with van der Waals surface area (Å²) >= 11 is 0. The molecule has 3 rings (SSSR count). The maximum atomic E-state index is 13.9. The van der Waals surface area contributed by atoms with Crippen LogP contribution >= 0.6 is 0 Å². The van der Waals surface area contributed by atoms with Gasteiger partial charge in [0.15, 0.2) is 0 Å². The number of halogens is 2. The van der Waals surface area contributed by atoms with Crippen molar-refractivity contribution < 1.29 is 18.3 Å². The Bertz CT molecular complexity index is 780. The molecule has 1 aliphatic rings. The van der Waals surface area contributed by atoms with Crippen LogP contribution in [0.15, 0.2) is 42.5 Å². The minimum atomic E-state index is -0.577. The smallest absolute Gasteiger partial charge is 0.217 e. The van der Waals surface area contributed by atoms with E-state index in [4.69, 9.17) is 4.74 Å². The normalized spacial score (nSPS) is 17.8. The van der Waals surface area contributed by atoms with E-state index in [1.54, 1.807) is 0 Å². The summed E-state index contributed by atoms with van der Waals surface area (Å²) < 4.78 is 32.9. The van der Waals surface area contributed by atoms with Crippen LogP contribution < -0.4 is 15.0 Å². The molecule has 1 fully saturated rings. The molecule has 4 nitrogen and oxygen atoms in total. The number of carbonyl (C=O) groups excluding carboxylic acids is 1. The second kappa shape index (κ2) is 7.72. The molecule has 0 aliphatic carbocycles. The predicted molar refractivity (Wildman–Crippen MR) is 96.3 cm³/mol. The molecule has 2 aromatic carbocycles. The lowest BCUT2D eigenvalue weighted by Crippen LogP contribution is -2.25. The molecule has 1 saturated heterocycles. The van der Waals surface area contributed by atoms with Gasteiger partial charge in [0, 0.05) is 26.0 Å². The second-order valence-corrected chi connectivity index (χ2v) is 6.56. The lowest BCUT2D eigenvalue weighted by molar-refractivity contribution is -0.119. The molecule has 1 heterocycles. The van der Waals surface area contributed by atoms with E-state index in [-0.39, 0.29) is 18.1 Å². The molecular formula is C20H22F2N2O2. The highest BCUT2D eigenvalue weighted by Gasteiger charge is 2.26. The highest BCUT2D eigenvalue weighted by Crippen LogP contribution is 2.27. The fourth-order valence-corrected chi connectivity index (χ4v) is 3.20. The molecule has 6 heteroatoms. The third kappa shape index (κ3) is 4.31. The quantitative estimate of drug-likeness (QED) is 0.881. The average Bonchev–Trinajstić information content (AvgIpc) is 3.03. The van der Waals surface area contributed by atoms with Gasteiger partial charge in [0.2, 0.25) is 5.91 Å². The number of ether oxygens (including phenoxy) is 1. The molecule has 1 amide bonds. The Balaban J connectivity index is 1.59. The van der Waals surface area contributed by atoms with Gasteiger partial charge >= 0.3 is 0 Å². The minimum absolute atomic E-state index is 0.0573. The van der Waals surface area contributed by atoms with Gasteiger partial charge in [0.1, 0.15) is 23.5 Å². The molecule has 0 radical (unpaired) electrons. The van der Waals surface area contributed by atoms with Crippen LogP contribution in [0.1, 0.15) is 31.9 Å². The summed E-state index contributed by atoms with van der Waals surface area (Å²) in [6.07, 6.45) is 0.707. The van der Waals surface area contributed by atoms with Gasteiger partial charge in [-0.3, -0.25) is 4.79 Å². The maximum absolute atomic E-state index is 13.9. The molecule has 0 spiro atoms. The number of carbonyl (C=O) groups is 1. The van der Waals surface area contributed by atoms with Gasteiger partial charge in [-0.05, 0) is 36.8 Å². The van der Waals surface area contributed by atoms with Crippen molar-refractivity contribution in [3.63, 3.8) is 0 Å². The Morgan fingerprint density at radius 1 is 1.23 bits per heavy atom. The highest BCUT2D eigenvalue weighted by atomic mass is 19.1. The first kappa shape index (κ1) is 18.2. The number of benzene rings is 2. The number of amides is 1. The molecule has 0 bridgehead atoms. The zero-order valence-corrected chi connectivity index (χ0v) is 14.8. The fourth-order valence-electron chi connectivity index (χ4n) is 3.20. The number of anilines is 1. The summed E-state index contributed by atoms with van der Waals surface area (Å²) in [4.78, 5) is 13.0. The first-order valence-electron chi connectivity index (χ1n) is 8.66. The molecule has 1 aliphatic heterocycles. The summed E-state index contributed by atoms with van der Waals surface area (Å²) in [5.74, 6) is -0.471. The molecule has 0 saturated carbocycles. The zero-order valence-electron chi connectivity index (χ0n) is 14.8. The largest absolute Gasteiger partial charge is 0.489 e. The second-order valence-electron chi connectivity index (χ2n) is 6.56. The highest BCUT2D eigenvalue weighted by molar-refractivity contribution is 5.73. The number of nitrogens with zero attached hydrogens (tertiary/aromatic N) is 1. The van der Waals surface area contributed by atoms with Crippen molar-refractivity contribution in [3.8, 4) is 5.75 Å². The third-order valence-electron chi connectivity index (χ3n) is 4.50. The maximum Gasteiger partial charge on any atom is 0.217 e. The Morgan fingerprint density at radius 2 is 1.96 bits per heavy atom. The summed E-state index contributed by atoms with van der Waals surface area (Å²) in [7, 11) is 0. The van der Waals surface area contributed by atoms with Crippen LogP contribution in [0.2, 0.25) is 0 Å². The van der Waals surface area contributed by atoms with Crippen molar-refractivity contribution in [2.75, 3.05) is 18.0 Å². The lowest BCUT2D eigenvalue weighted by atomic mass is 10.1. The standard InChI is InChI=1S/C20H22F2N2O2/c1-13(23-14(2)25)15-3-6-17(7-4-15)26-18-9-10-24(12-18)20-8-5-16(21)11-19(20)22/h3-8,11,13,18H,9-10,12H2,1-2H3,(H,23,25)/t13-,18+/m0/s1.